The monoisotopic (exact) mass is 395 g/mol. The maximum absolute atomic E-state index is 14.5. The summed E-state index contributed by atoms with van der Waals surface area (Å²) >= 11 is 0. The molecule has 0 aliphatic carbocycles. The van der Waals surface area contributed by atoms with E-state index in [4.69, 9.17) is 4.74 Å². The number of nitrogens with one attached hydrogen (secondary N) is 2. The Morgan fingerprint density at radius 3 is 2.69 bits per heavy atom. The van der Waals surface area contributed by atoms with Crippen LogP contribution in [0.1, 0.15) is 30.9 Å². The van der Waals surface area contributed by atoms with E-state index in [2.05, 4.69) is 21.3 Å². The summed E-state index contributed by atoms with van der Waals surface area (Å²) in [5.74, 6) is 0.432. The van der Waals surface area contributed by atoms with E-state index in [0.717, 1.165) is 30.9 Å². The number of halogens is 1. The lowest BCUT2D eigenvalue weighted by atomic mass is 9.80. The lowest BCUT2D eigenvalue weighted by molar-refractivity contribution is -0.121. The van der Waals surface area contributed by atoms with Crippen LogP contribution in [-0.2, 0) is 16.9 Å². The molecule has 2 aromatic carbocycles. The number of H-pyrrole nitrogens is 1. The van der Waals surface area contributed by atoms with E-state index in [1.165, 1.54) is 23.9 Å². The van der Waals surface area contributed by atoms with Gasteiger partial charge in [0.25, 0.3) is 0 Å². The molecule has 2 N–H and O–H groups in total. The molecule has 0 unspecified atom stereocenters. The number of rotatable bonds is 5. The van der Waals surface area contributed by atoms with Crippen LogP contribution in [0.25, 0.3) is 10.9 Å². The molecule has 1 amide bonds. The van der Waals surface area contributed by atoms with Gasteiger partial charge in [0, 0.05) is 55.3 Å². The van der Waals surface area contributed by atoms with E-state index in [9.17, 15) is 9.18 Å². The van der Waals surface area contributed by atoms with Crippen molar-refractivity contribution in [3.8, 4) is 5.75 Å². The third kappa shape index (κ3) is 3.85. The summed E-state index contributed by atoms with van der Waals surface area (Å²) in [7, 11) is 1.66. The molecule has 3 aromatic rings. The first kappa shape index (κ1) is 19.5. The molecular formula is C23H26FN3O2. The van der Waals surface area contributed by atoms with Crippen LogP contribution in [-0.4, -0.2) is 36.0 Å². The van der Waals surface area contributed by atoms with E-state index >= 15 is 0 Å². The lowest BCUT2D eigenvalue weighted by Gasteiger charge is -2.42. The number of nitrogens with zero attached hydrogens (tertiary/aromatic N) is 1. The molecule has 1 aliphatic heterocycles. The first-order valence-electron chi connectivity index (χ1n) is 9.91. The Bertz CT molecular complexity index is 1020. The van der Waals surface area contributed by atoms with Crippen LogP contribution in [0, 0.1) is 5.82 Å². The summed E-state index contributed by atoms with van der Waals surface area (Å²) in [5.41, 5.74) is 2.20. The van der Waals surface area contributed by atoms with Crippen LogP contribution >= 0.6 is 0 Å². The second-order valence-corrected chi connectivity index (χ2v) is 7.74. The van der Waals surface area contributed by atoms with Crippen molar-refractivity contribution in [2.75, 3.05) is 20.2 Å². The number of piperidine rings is 1. The predicted molar refractivity (Wildman–Crippen MR) is 111 cm³/mol. The average Bonchev–Trinajstić information content (AvgIpc) is 3.11. The van der Waals surface area contributed by atoms with Crippen LogP contribution in [0.3, 0.4) is 0 Å². The fraction of sp³-hybridized carbons (Fsp3) is 0.348. The third-order valence-electron chi connectivity index (χ3n) is 5.88. The van der Waals surface area contributed by atoms with Gasteiger partial charge in [0.05, 0.1) is 12.6 Å². The van der Waals surface area contributed by atoms with Gasteiger partial charge in [0.15, 0.2) is 0 Å². The SMILES string of the molecule is COc1ccc2c(CN3CCC(NC(C)=O)(c4ccccc4F)CC3)c[nH]c2c1. The van der Waals surface area contributed by atoms with Crippen LogP contribution < -0.4 is 10.1 Å². The molecule has 0 radical (unpaired) electrons. The number of likely N-dealkylation sites (tertiary alicyclic amines) is 1. The number of aromatic amines is 1. The molecule has 0 spiro atoms. The van der Waals surface area contributed by atoms with Crippen molar-refractivity contribution in [2.24, 2.45) is 0 Å². The highest BCUT2D eigenvalue weighted by Gasteiger charge is 2.38. The molecule has 1 aliphatic rings. The molecule has 1 aromatic heterocycles. The Kier molecular flexibility index (Phi) is 5.28. The fourth-order valence-electron chi connectivity index (χ4n) is 4.40. The number of amides is 1. The number of hydrogen-bond acceptors (Lipinski definition) is 3. The van der Waals surface area contributed by atoms with Gasteiger partial charge >= 0.3 is 0 Å². The van der Waals surface area contributed by atoms with E-state index in [0.29, 0.717) is 18.4 Å². The molecule has 2 heterocycles. The molecule has 152 valence electrons. The molecule has 0 saturated carbocycles. The van der Waals surface area contributed by atoms with E-state index in [1.54, 1.807) is 19.2 Å². The zero-order valence-corrected chi connectivity index (χ0v) is 16.8. The second kappa shape index (κ2) is 7.87. The van der Waals surface area contributed by atoms with Gasteiger partial charge in [0.2, 0.25) is 5.91 Å². The van der Waals surface area contributed by atoms with Crippen LogP contribution in [0.5, 0.6) is 5.75 Å². The van der Waals surface area contributed by atoms with Gasteiger partial charge in [0.1, 0.15) is 11.6 Å². The Morgan fingerprint density at radius 1 is 1.24 bits per heavy atom. The summed E-state index contributed by atoms with van der Waals surface area (Å²) in [4.78, 5) is 17.5. The molecule has 1 fully saturated rings. The number of ether oxygens (including phenoxy) is 1. The standard InChI is InChI=1S/C23H26FN3O2/c1-16(28)26-23(20-5-3-4-6-21(20)24)9-11-27(12-10-23)15-17-14-25-22-13-18(29-2)7-8-19(17)22/h3-8,13-14,25H,9-12,15H2,1-2H3,(H,26,28). The maximum Gasteiger partial charge on any atom is 0.217 e. The zero-order chi connectivity index (χ0) is 20.4. The average molecular weight is 395 g/mol. The number of carbonyl (C=O) groups is 1. The summed E-state index contributed by atoms with van der Waals surface area (Å²) < 4.78 is 19.8. The number of carbonyl (C=O) groups excluding carboxylic acids is 1. The number of fused-ring (bicyclic) bond motifs is 1. The maximum atomic E-state index is 14.5. The van der Waals surface area contributed by atoms with Crippen molar-refractivity contribution >= 4 is 16.8 Å². The van der Waals surface area contributed by atoms with Gasteiger partial charge in [-0.1, -0.05) is 18.2 Å². The second-order valence-electron chi connectivity index (χ2n) is 7.74. The Labute approximate surface area is 169 Å². The van der Waals surface area contributed by atoms with Crippen molar-refractivity contribution in [1.29, 1.82) is 0 Å². The van der Waals surface area contributed by atoms with Crippen molar-refractivity contribution in [3.63, 3.8) is 0 Å². The fourth-order valence-corrected chi connectivity index (χ4v) is 4.40. The first-order chi connectivity index (χ1) is 14.0. The largest absolute Gasteiger partial charge is 0.497 e. The number of methoxy groups -OCH3 is 1. The van der Waals surface area contributed by atoms with Gasteiger partial charge in [-0.05, 0) is 36.6 Å². The molecule has 1 saturated heterocycles. The van der Waals surface area contributed by atoms with Gasteiger partial charge in [-0.2, -0.15) is 0 Å². The highest BCUT2D eigenvalue weighted by molar-refractivity contribution is 5.84. The molecular weight excluding hydrogens is 369 g/mol. The normalized spacial score (nSPS) is 16.7. The summed E-state index contributed by atoms with van der Waals surface area (Å²) in [6, 6.07) is 12.8. The van der Waals surface area contributed by atoms with Gasteiger partial charge in [-0.25, -0.2) is 4.39 Å². The van der Waals surface area contributed by atoms with Crippen LogP contribution in [0.4, 0.5) is 4.39 Å². The minimum Gasteiger partial charge on any atom is -0.497 e. The van der Waals surface area contributed by atoms with Crippen molar-refractivity contribution in [1.82, 2.24) is 15.2 Å². The molecule has 29 heavy (non-hydrogen) atoms. The highest BCUT2D eigenvalue weighted by atomic mass is 19.1. The minimum absolute atomic E-state index is 0.132. The smallest absolute Gasteiger partial charge is 0.217 e. The van der Waals surface area contributed by atoms with Gasteiger partial charge < -0.3 is 15.0 Å². The van der Waals surface area contributed by atoms with Gasteiger partial charge in [-0.15, -0.1) is 0 Å². The predicted octanol–water partition coefficient (Wildman–Crippen LogP) is 3.94. The van der Waals surface area contributed by atoms with Crippen molar-refractivity contribution < 1.29 is 13.9 Å². The number of benzene rings is 2. The summed E-state index contributed by atoms with van der Waals surface area (Å²) in [6.07, 6.45) is 3.38. The topological polar surface area (TPSA) is 57.4 Å². The van der Waals surface area contributed by atoms with Crippen LogP contribution in [0.15, 0.2) is 48.7 Å². The molecule has 5 nitrogen and oxygen atoms in total. The van der Waals surface area contributed by atoms with Crippen molar-refractivity contribution in [3.05, 3.63) is 65.6 Å². The molecule has 4 rings (SSSR count). The van der Waals surface area contributed by atoms with Crippen LogP contribution in [0.2, 0.25) is 0 Å². The Balaban J connectivity index is 1.52. The van der Waals surface area contributed by atoms with Crippen molar-refractivity contribution in [2.45, 2.75) is 31.8 Å². The third-order valence-corrected chi connectivity index (χ3v) is 5.88. The van der Waals surface area contributed by atoms with Gasteiger partial charge in [-0.3, -0.25) is 9.69 Å². The Hall–Kier alpha value is -2.86. The van der Waals surface area contributed by atoms with E-state index in [1.807, 2.05) is 24.4 Å². The molecule has 6 heteroatoms. The number of aromatic nitrogens is 1. The van der Waals surface area contributed by atoms with E-state index < -0.39 is 5.54 Å². The summed E-state index contributed by atoms with van der Waals surface area (Å²) in [5, 5.41) is 4.23. The minimum atomic E-state index is -0.652. The Morgan fingerprint density at radius 2 is 2.00 bits per heavy atom. The lowest BCUT2D eigenvalue weighted by Crippen LogP contribution is -2.52. The molecule has 0 atom stereocenters. The highest BCUT2D eigenvalue weighted by Crippen LogP contribution is 2.35. The van der Waals surface area contributed by atoms with E-state index in [-0.39, 0.29) is 11.7 Å². The first-order valence-corrected chi connectivity index (χ1v) is 9.91. The number of hydrogen-bond donors (Lipinski definition) is 2. The quantitative estimate of drug-likeness (QED) is 0.688. The molecule has 0 bridgehead atoms. The summed E-state index contributed by atoms with van der Waals surface area (Å²) in [6.45, 7) is 3.85. The zero-order valence-electron chi connectivity index (χ0n) is 16.8.